The number of carboxylic acid groups (broad SMARTS) is 1. The molecule has 1 aromatic heterocycles. The monoisotopic (exact) mass is 298 g/mol. The molecule has 0 atom stereocenters. The molecule has 0 aromatic carbocycles. The van der Waals surface area contributed by atoms with Crippen molar-refractivity contribution in [2.75, 3.05) is 13.7 Å². The molecule has 1 aliphatic carbocycles. The first-order valence-electron chi connectivity index (χ1n) is 7.05. The summed E-state index contributed by atoms with van der Waals surface area (Å²) in [5.41, 5.74) is -0.205. The molecular formula is C14H22N2O5. The molecule has 1 heterocycles. The van der Waals surface area contributed by atoms with Crippen molar-refractivity contribution >= 4 is 5.97 Å². The summed E-state index contributed by atoms with van der Waals surface area (Å²) >= 11 is 0. The highest BCUT2D eigenvalue weighted by atomic mass is 16.5. The molecule has 1 aliphatic rings. The average molecular weight is 298 g/mol. The topological polar surface area (TPSA) is 94.7 Å². The van der Waals surface area contributed by atoms with Crippen LogP contribution < -0.4 is 0 Å². The van der Waals surface area contributed by atoms with E-state index in [4.69, 9.17) is 19.1 Å². The van der Waals surface area contributed by atoms with E-state index in [1.54, 1.807) is 7.11 Å². The molecule has 0 aliphatic heterocycles. The summed E-state index contributed by atoms with van der Waals surface area (Å²) < 4.78 is 15.8. The van der Waals surface area contributed by atoms with Crippen LogP contribution in [0.15, 0.2) is 4.52 Å². The van der Waals surface area contributed by atoms with Gasteiger partial charge in [0.2, 0.25) is 5.82 Å². The van der Waals surface area contributed by atoms with Gasteiger partial charge in [-0.1, -0.05) is 19.0 Å². The van der Waals surface area contributed by atoms with Crippen molar-refractivity contribution in [2.45, 2.75) is 51.7 Å². The number of nitrogens with zero attached hydrogens (tertiary/aromatic N) is 2. The summed E-state index contributed by atoms with van der Waals surface area (Å²) in [6, 6.07) is 0. The number of carboxylic acids is 1. The minimum absolute atomic E-state index is 0.00934. The van der Waals surface area contributed by atoms with Gasteiger partial charge in [0, 0.05) is 7.11 Å². The average Bonchev–Trinajstić information content (AvgIpc) is 2.88. The van der Waals surface area contributed by atoms with E-state index in [0.29, 0.717) is 11.2 Å². The van der Waals surface area contributed by atoms with E-state index in [-0.39, 0.29) is 19.1 Å². The van der Waals surface area contributed by atoms with E-state index >= 15 is 0 Å². The molecule has 0 radical (unpaired) electrons. The smallest absolute Gasteiger partial charge is 0.329 e. The summed E-state index contributed by atoms with van der Waals surface area (Å²) in [6.07, 6.45) is 3.73. The zero-order valence-corrected chi connectivity index (χ0v) is 12.7. The maximum Gasteiger partial charge on any atom is 0.329 e. The van der Waals surface area contributed by atoms with Gasteiger partial charge in [0.15, 0.2) is 0 Å². The van der Waals surface area contributed by atoms with Crippen LogP contribution in [-0.4, -0.2) is 34.9 Å². The molecule has 1 saturated carbocycles. The highest BCUT2D eigenvalue weighted by molar-refractivity contribution is 5.67. The Hall–Kier alpha value is -1.47. The highest BCUT2D eigenvalue weighted by Gasteiger charge is 2.43. The van der Waals surface area contributed by atoms with Crippen molar-refractivity contribution in [3.8, 4) is 0 Å². The van der Waals surface area contributed by atoms with Gasteiger partial charge in [-0.3, -0.25) is 0 Å². The summed E-state index contributed by atoms with van der Waals surface area (Å²) in [6.45, 7) is 4.09. The Morgan fingerprint density at radius 2 is 2.00 bits per heavy atom. The van der Waals surface area contributed by atoms with E-state index in [2.05, 4.69) is 24.0 Å². The van der Waals surface area contributed by atoms with E-state index in [1.807, 2.05) is 0 Å². The van der Waals surface area contributed by atoms with Crippen LogP contribution in [0.3, 0.4) is 0 Å². The normalized spacial score (nSPS) is 20.3. The molecule has 7 heteroatoms. The fraction of sp³-hybridized carbons (Fsp3) is 0.786. The SMILES string of the molecule is COC1(c2noc(COCC(=O)O)n2)CCC(C)(C)CC1. The lowest BCUT2D eigenvalue weighted by Gasteiger charge is -2.40. The van der Waals surface area contributed by atoms with Crippen LogP contribution in [0, 0.1) is 5.41 Å². The van der Waals surface area contributed by atoms with E-state index < -0.39 is 11.6 Å². The predicted molar refractivity (Wildman–Crippen MR) is 72.5 cm³/mol. The van der Waals surface area contributed by atoms with Crippen molar-refractivity contribution in [2.24, 2.45) is 5.41 Å². The van der Waals surface area contributed by atoms with Gasteiger partial charge in [-0.2, -0.15) is 4.98 Å². The van der Waals surface area contributed by atoms with Crippen LogP contribution >= 0.6 is 0 Å². The van der Waals surface area contributed by atoms with Gasteiger partial charge in [0.05, 0.1) is 0 Å². The number of rotatable bonds is 6. The van der Waals surface area contributed by atoms with Gasteiger partial charge in [-0.25, -0.2) is 4.79 Å². The zero-order chi connectivity index (χ0) is 15.5. The molecule has 0 bridgehead atoms. The molecule has 0 spiro atoms. The Kier molecular flexibility index (Phi) is 4.63. The molecular weight excluding hydrogens is 276 g/mol. The van der Waals surface area contributed by atoms with Crippen LogP contribution in [-0.2, 0) is 26.5 Å². The lowest BCUT2D eigenvalue weighted by molar-refractivity contribution is -0.142. The lowest BCUT2D eigenvalue weighted by atomic mass is 9.70. The Balaban J connectivity index is 2.03. The van der Waals surface area contributed by atoms with Gasteiger partial charge < -0.3 is 19.1 Å². The number of carbonyl (C=O) groups is 1. The second-order valence-electron chi connectivity index (χ2n) is 6.26. The standard InChI is InChI=1S/C14H22N2O5/c1-13(2)4-6-14(19-3,7-5-13)12-15-10(21-16-12)8-20-9-11(17)18/h4-9H2,1-3H3,(H,17,18). The van der Waals surface area contributed by atoms with E-state index in [9.17, 15) is 4.79 Å². The second kappa shape index (κ2) is 6.11. The van der Waals surface area contributed by atoms with Crippen molar-refractivity contribution < 1.29 is 23.9 Å². The number of aliphatic carboxylic acids is 1. The van der Waals surface area contributed by atoms with Gasteiger partial charge in [-0.15, -0.1) is 0 Å². The first kappa shape index (κ1) is 15.9. The largest absolute Gasteiger partial charge is 0.480 e. The summed E-state index contributed by atoms with van der Waals surface area (Å²) in [5.74, 6) is -0.237. The zero-order valence-electron chi connectivity index (χ0n) is 12.7. The fourth-order valence-electron chi connectivity index (χ4n) is 2.57. The number of ether oxygens (including phenoxy) is 2. The fourth-order valence-corrected chi connectivity index (χ4v) is 2.57. The van der Waals surface area contributed by atoms with Crippen molar-refractivity contribution in [1.82, 2.24) is 10.1 Å². The molecule has 21 heavy (non-hydrogen) atoms. The molecule has 1 fully saturated rings. The van der Waals surface area contributed by atoms with Crippen LogP contribution in [0.1, 0.15) is 51.2 Å². The Bertz CT molecular complexity index is 487. The Labute approximate surface area is 123 Å². The molecule has 118 valence electrons. The number of methoxy groups -OCH3 is 1. The predicted octanol–water partition coefficient (Wildman–Crippen LogP) is 2.11. The van der Waals surface area contributed by atoms with Crippen LogP contribution in [0.2, 0.25) is 0 Å². The Morgan fingerprint density at radius 3 is 2.57 bits per heavy atom. The number of hydrogen-bond donors (Lipinski definition) is 1. The van der Waals surface area contributed by atoms with Gasteiger partial charge in [-0.05, 0) is 31.1 Å². The highest BCUT2D eigenvalue weighted by Crippen LogP contribution is 2.46. The summed E-state index contributed by atoms with van der Waals surface area (Å²) in [7, 11) is 1.66. The lowest BCUT2D eigenvalue weighted by Crippen LogP contribution is -2.37. The third-order valence-corrected chi connectivity index (χ3v) is 4.13. The number of hydrogen-bond acceptors (Lipinski definition) is 6. The van der Waals surface area contributed by atoms with Crippen LogP contribution in [0.25, 0.3) is 0 Å². The van der Waals surface area contributed by atoms with Crippen molar-refractivity contribution in [3.63, 3.8) is 0 Å². The van der Waals surface area contributed by atoms with E-state index in [0.717, 1.165) is 25.7 Å². The van der Waals surface area contributed by atoms with Gasteiger partial charge >= 0.3 is 5.97 Å². The van der Waals surface area contributed by atoms with Crippen molar-refractivity contribution in [3.05, 3.63) is 11.7 Å². The molecule has 7 nitrogen and oxygen atoms in total. The molecule has 0 saturated heterocycles. The first-order valence-corrected chi connectivity index (χ1v) is 7.05. The Morgan fingerprint density at radius 1 is 1.33 bits per heavy atom. The van der Waals surface area contributed by atoms with Gasteiger partial charge in [0.25, 0.3) is 5.89 Å². The minimum Gasteiger partial charge on any atom is -0.480 e. The quantitative estimate of drug-likeness (QED) is 0.859. The maximum atomic E-state index is 10.4. The summed E-state index contributed by atoms with van der Waals surface area (Å²) in [4.78, 5) is 14.7. The van der Waals surface area contributed by atoms with Gasteiger partial charge in [0.1, 0.15) is 18.8 Å². The minimum atomic E-state index is -1.03. The second-order valence-corrected chi connectivity index (χ2v) is 6.26. The maximum absolute atomic E-state index is 10.4. The van der Waals surface area contributed by atoms with E-state index in [1.165, 1.54) is 0 Å². The molecule has 0 unspecified atom stereocenters. The molecule has 0 amide bonds. The summed E-state index contributed by atoms with van der Waals surface area (Å²) in [5, 5.41) is 12.5. The first-order chi connectivity index (χ1) is 9.87. The molecule has 1 N–H and O–H groups in total. The molecule has 1 aromatic rings. The number of aromatic nitrogens is 2. The van der Waals surface area contributed by atoms with Crippen LogP contribution in [0.4, 0.5) is 0 Å². The third-order valence-electron chi connectivity index (χ3n) is 4.13. The van der Waals surface area contributed by atoms with Crippen LogP contribution in [0.5, 0.6) is 0 Å². The molecule has 2 rings (SSSR count). The van der Waals surface area contributed by atoms with Crippen molar-refractivity contribution in [1.29, 1.82) is 0 Å². The third kappa shape index (κ3) is 3.79.